The standard InChI is InChI=1S/C8H7ClFNO/c1-4(12)6-2-5(11)3-7(9)8(6)10/h2-3H,11H2,1H3. The van der Waals surface area contributed by atoms with Gasteiger partial charge in [0.05, 0.1) is 10.6 Å². The van der Waals surface area contributed by atoms with Crippen LogP contribution in [-0.2, 0) is 0 Å². The number of carbonyl (C=O) groups excluding carboxylic acids is 1. The number of nitrogen functional groups attached to an aromatic ring is 1. The largest absolute Gasteiger partial charge is 0.399 e. The zero-order valence-corrected chi connectivity index (χ0v) is 7.15. The van der Waals surface area contributed by atoms with Crippen molar-refractivity contribution < 1.29 is 9.18 Å². The normalized spacial score (nSPS) is 9.92. The minimum Gasteiger partial charge on any atom is -0.399 e. The summed E-state index contributed by atoms with van der Waals surface area (Å²) in [5.41, 5.74) is 5.58. The number of Topliss-reactive ketones (excluding diaryl/α,β-unsaturated/α-hetero) is 1. The van der Waals surface area contributed by atoms with Crippen molar-refractivity contribution >= 4 is 23.1 Å². The summed E-state index contributed by atoms with van der Waals surface area (Å²) in [6, 6.07) is 2.53. The summed E-state index contributed by atoms with van der Waals surface area (Å²) in [7, 11) is 0. The molecule has 4 heteroatoms. The van der Waals surface area contributed by atoms with Gasteiger partial charge in [0.25, 0.3) is 0 Å². The van der Waals surface area contributed by atoms with Crippen molar-refractivity contribution in [1.29, 1.82) is 0 Å². The Labute approximate surface area is 74.1 Å². The highest BCUT2D eigenvalue weighted by Crippen LogP contribution is 2.22. The molecule has 0 heterocycles. The lowest BCUT2D eigenvalue weighted by molar-refractivity contribution is 0.101. The first kappa shape index (κ1) is 9.00. The lowest BCUT2D eigenvalue weighted by atomic mass is 10.1. The Morgan fingerprint density at radius 3 is 2.67 bits per heavy atom. The van der Waals surface area contributed by atoms with E-state index in [0.717, 1.165) is 0 Å². The topological polar surface area (TPSA) is 43.1 Å². The Morgan fingerprint density at radius 2 is 2.17 bits per heavy atom. The summed E-state index contributed by atoms with van der Waals surface area (Å²) in [5.74, 6) is -1.10. The molecule has 0 aliphatic carbocycles. The highest BCUT2D eigenvalue weighted by atomic mass is 35.5. The first-order chi connectivity index (χ1) is 5.52. The maximum absolute atomic E-state index is 13.0. The molecule has 0 fully saturated rings. The highest BCUT2D eigenvalue weighted by Gasteiger charge is 2.11. The van der Waals surface area contributed by atoms with Crippen molar-refractivity contribution in [2.45, 2.75) is 6.92 Å². The monoisotopic (exact) mass is 187 g/mol. The highest BCUT2D eigenvalue weighted by molar-refractivity contribution is 6.31. The van der Waals surface area contributed by atoms with E-state index in [1.807, 2.05) is 0 Å². The van der Waals surface area contributed by atoms with Crippen molar-refractivity contribution in [3.63, 3.8) is 0 Å². The van der Waals surface area contributed by atoms with Crippen LogP contribution in [0.3, 0.4) is 0 Å². The van der Waals surface area contributed by atoms with Crippen LogP contribution >= 0.6 is 11.6 Å². The van der Waals surface area contributed by atoms with Crippen molar-refractivity contribution in [2.24, 2.45) is 0 Å². The molecule has 2 nitrogen and oxygen atoms in total. The number of carbonyl (C=O) groups is 1. The predicted molar refractivity (Wildman–Crippen MR) is 45.8 cm³/mol. The zero-order valence-electron chi connectivity index (χ0n) is 6.40. The van der Waals surface area contributed by atoms with E-state index in [1.165, 1.54) is 19.1 Å². The van der Waals surface area contributed by atoms with E-state index < -0.39 is 5.82 Å². The number of hydrogen-bond acceptors (Lipinski definition) is 2. The van der Waals surface area contributed by atoms with Crippen LogP contribution in [0.4, 0.5) is 10.1 Å². The Bertz CT molecular complexity index is 338. The third-order valence-corrected chi connectivity index (χ3v) is 1.70. The molecule has 1 rings (SSSR count). The minimum absolute atomic E-state index is 0.0694. The Kier molecular flexibility index (Phi) is 2.33. The fraction of sp³-hybridized carbons (Fsp3) is 0.125. The molecule has 0 radical (unpaired) electrons. The number of ketones is 1. The van der Waals surface area contributed by atoms with E-state index in [1.54, 1.807) is 0 Å². The number of hydrogen-bond donors (Lipinski definition) is 1. The second-order valence-corrected chi connectivity index (χ2v) is 2.83. The summed E-state index contributed by atoms with van der Waals surface area (Å²) in [4.78, 5) is 10.8. The van der Waals surface area contributed by atoms with Gasteiger partial charge < -0.3 is 5.73 Å². The van der Waals surface area contributed by atoms with E-state index in [2.05, 4.69) is 0 Å². The molecular formula is C8H7ClFNO. The van der Waals surface area contributed by atoms with Gasteiger partial charge in [-0.3, -0.25) is 4.79 Å². The Morgan fingerprint density at radius 1 is 1.58 bits per heavy atom. The van der Waals surface area contributed by atoms with Gasteiger partial charge in [0.15, 0.2) is 11.6 Å². The first-order valence-corrected chi connectivity index (χ1v) is 3.65. The molecule has 0 spiro atoms. The lowest BCUT2D eigenvalue weighted by Crippen LogP contribution is -1.99. The molecule has 0 aliphatic heterocycles. The van der Waals surface area contributed by atoms with Crippen LogP contribution in [0.5, 0.6) is 0 Å². The quantitative estimate of drug-likeness (QED) is 0.541. The fourth-order valence-electron chi connectivity index (χ4n) is 0.866. The minimum atomic E-state index is -0.710. The third kappa shape index (κ3) is 1.56. The molecule has 2 N–H and O–H groups in total. The van der Waals surface area contributed by atoms with E-state index in [0.29, 0.717) is 0 Å². The second-order valence-electron chi connectivity index (χ2n) is 2.42. The van der Waals surface area contributed by atoms with E-state index in [-0.39, 0.29) is 22.1 Å². The summed E-state index contributed by atoms with van der Waals surface area (Å²) < 4.78 is 13.0. The molecule has 0 saturated carbocycles. The molecule has 0 saturated heterocycles. The van der Waals surface area contributed by atoms with Gasteiger partial charge in [0.2, 0.25) is 0 Å². The number of anilines is 1. The van der Waals surface area contributed by atoms with Gasteiger partial charge in [0.1, 0.15) is 0 Å². The Balaban J connectivity index is 3.37. The molecule has 1 aromatic carbocycles. The molecule has 0 atom stereocenters. The maximum Gasteiger partial charge on any atom is 0.162 e. The van der Waals surface area contributed by atoms with Crippen LogP contribution in [0.1, 0.15) is 17.3 Å². The molecule has 12 heavy (non-hydrogen) atoms. The van der Waals surface area contributed by atoms with Gasteiger partial charge in [-0.2, -0.15) is 0 Å². The van der Waals surface area contributed by atoms with Crippen molar-refractivity contribution in [2.75, 3.05) is 5.73 Å². The average molecular weight is 188 g/mol. The zero-order chi connectivity index (χ0) is 9.30. The lowest BCUT2D eigenvalue weighted by Gasteiger charge is -2.01. The number of benzene rings is 1. The van der Waals surface area contributed by atoms with Crippen molar-refractivity contribution in [1.82, 2.24) is 0 Å². The van der Waals surface area contributed by atoms with Crippen LogP contribution in [0, 0.1) is 5.82 Å². The molecule has 64 valence electrons. The Hall–Kier alpha value is -1.09. The van der Waals surface area contributed by atoms with Crippen LogP contribution in [0.25, 0.3) is 0 Å². The fourth-order valence-corrected chi connectivity index (χ4v) is 1.09. The number of halogens is 2. The molecule has 0 aromatic heterocycles. The first-order valence-electron chi connectivity index (χ1n) is 3.28. The molecule has 0 amide bonds. The molecule has 0 bridgehead atoms. The SMILES string of the molecule is CC(=O)c1cc(N)cc(Cl)c1F. The van der Waals surface area contributed by atoms with Gasteiger partial charge in [-0.05, 0) is 19.1 Å². The molecule has 0 aliphatic rings. The van der Waals surface area contributed by atoms with Gasteiger partial charge in [-0.25, -0.2) is 4.39 Å². The van der Waals surface area contributed by atoms with Crippen LogP contribution in [0.2, 0.25) is 5.02 Å². The number of rotatable bonds is 1. The predicted octanol–water partition coefficient (Wildman–Crippen LogP) is 2.26. The smallest absolute Gasteiger partial charge is 0.162 e. The maximum atomic E-state index is 13.0. The summed E-state index contributed by atoms with van der Waals surface area (Å²) in [6.45, 7) is 1.26. The third-order valence-electron chi connectivity index (χ3n) is 1.43. The van der Waals surface area contributed by atoms with Crippen molar-refractivity contribution in [3.05, 3.63) is 28.5 Å². The van der Waals surface area contributed by atoms with E-state index >= 15 is 0 Å². The van der Waals surface area contributed by atoms with Gasteiger partial charge >= 0.3 is 0 Å². The second kappa shape index (κ2) is 3.11. The average Bonchev–Trinajstić information content (AvgIpc) is 1.96. The van der Waals surface area contributed by atoms with Gasteiger partial charge in [0, 0.05) is 5.69 Å². The van der Waals surface area contributed by atoms with Crippen LogP contribution in [-0.4, -0.2) is 5.78 Å². The number of nitrogens with two attached hydrogens (primary N) is 1. The molecular weight excluding hydrogens is 181 g/mol. The van der Waals surface area contributed by atoms with E-state index in [9.17, 15) is 9.18 Å². The molecule has 1 aromatic rings. The van der Waals surface area contributed by atoms with Crippen LogP contribution < -0.4 is 5.73 Å². The summed E-state index contributed by atoms with van der Waals surface area (Å²) in [5, 5.41) is -0.125. The summed E-state index contributed by atoms with van der Waals surface area (Å²) >= 11 is 5.46. The van der Waals surface area contributed by atoms with Crippen LogP contribution in [0.15, 0.2) is 12.1 Å². The van der Waals surface area contributed by atoms with Gasteiger partial charge in [-0.1, -0.05) is 11.6 Å². The van der Waals surface area contributed by atoms with Gasteiger partial charge in [-0.15, -0.1) is 0 Å². The van der Waals surface area contributed by atoms with E-state index in [4.69, 9.17) is 17.3 Å². The summed E-state index contributed by atoms with van der Waals surface area (Å²) in [6.07, 6.45) is 0. The van der Waals surface area contributed by atoms with Crippen molar-refractivity contribution in [3.8, 4) is 0 Å². The molecule has 0 unspecified atom stereocenters.